The summed E-state index contributed by atoms with van der Waals surface area (Å²) in [5.41, 5.74) is 3.41. The molecule has 0 aromatic carbocycles. The Morgan fingerprint density at radius 2 is 2.25 bits per heavy atom. The Morgan fingerprint density at radius 1 is 1.44 bits per heavy atom. The number of nitrogens with one attached hydrogen (secondary N) is 2. The lowest BCUT2D eigenvalue weighted by atomic mass is 10.2. The summed E-state index contributed by atoms with van der Waals surface area (Å²) in [6, 6.07) is 0. The minimum atomic E-state index is 0.783. The molecule has 0 radical (unpaired) electrons. The van der Waals surface area contributed by atoms with Crippen molar-refractivity contribution in [2.24, 2.45) is 0 Å². The van der Waals surface area contributed by atoms with Gasteiger partial charge in [0.25, 0.3) is 0 Å². The summed E-state index contributed by atoms with van der Waals surface area (Å²) in [6.45, 7) is 6.97. The Bertz CT molecular complexity index is 453. The van der Waals surface area contributed by atoms with Crippen LogP contribution in [0.15, 0.2) is 6.20 Å². The van der Waals surface area contributed by atoms with Gasteiger partial charge in [0, 0.05) is 28.9 Å². The van der Waals surface area contributed by atoms with Gasteiger partial charge in [-0.2, -0.15) is 5.10 Å². The number of H-pyrrole nitrogens is 1. The summed E-state index contributed by atoms with van der Waals surface area (Å²) < 4.78 is 0. The highest BCUT2D eigenvalue weighted by Gasteiger charge is 2.06. The predicted molar refractivity (Wildman–Crippen MR) is 66.9 cm³/mol. The zero-order chi connectivity index (χ0) is 11.5. The van der Waals surface area contributed by atoms with Crippen LogP contribution in [0.25, 0.3) is 0 Å². The zero-order valence-corrected chi connectivity index (χ0v) is 10.6. The van der Waals surface area contributed by atoms with Gasteiger partial charge in [-0.1, -0.05) is 6.92 Å². The Hall–Kier alpha value is -1.36. The first kappa shape index (κ1) is 11.1. The highest BCUT2D eigenvalue weighted by atomic mass is 32.1. The van der Waals surface area contributed by atoms with Crippen molar-refractivity contribution in [3.8, 4) is 0 Å². The smallest absolute Gasteiger partial charge is 0.183 e. The molecule has 0 saturated carbocycles. The summed E-state index contributed by atoms with van der Waals surface area (Å²) in [6.07, 6.45) is 2.98. The van der Waals surface area contributed by atoms with Gasteiger partial charge in [-0.15, -0.1) is 11.3 Å². The van der Waals surface area contributed by atoms with Crippen LogP contribution in [-0.2, 0) is 13.0 Å². The maximum Gasteiger partial charge on any atom is 0.183 e. The van der Waals surface area contributed by atoms with Gasteiger partial charge in [-0.05, 0) is 20.3 Å². The first-order chi connectivity index (χ1) is 7.70. The normalized spacial score (nSPS) is 10.7. The van der Waals surface area contributed by atoms with Crippen molar-refractivity contribution in [2.75, 3.05) is 5.32 Å². The molecule has 0 spiro atoms. The van der Waals surface area contributed by atoms with Gasteiger partial charge in [-0.25, -0.2) is 4.98 Å². The number of hydrogen-bond donors (Lipinski definition) is 2. The zero-order valence-electron chi connectivity index (χ0n) is 9.79. The van der Waals surface area contributed by atoms with Crippen LogP contribution in [0.4, 0.5) is 5.13 Å². The Labute approximate surface area is 99.1 Å². The van der Waals surface area contributed by atoms with Gasteiger partial charge in [0.2, 0.25) is 0 Å². The van der Waals surface area contributed by atoms with Gasteiger partial charge in [-0.3, -0.25) is 5.10 Å². The van der Waals surface area contributed by atoms with Crippen LogP contribution in [0, 0.1) is 13.8 Å². The molecule has 2 aromatic rings. The SMILES string of the molecule is CCc1cnc(NCc2c(C)n[nH]c2C)s1. The molecule has 86 valence electrons. The Kier molecular flexibility index (Phi) is 3.24. The second-order valence-corrected chi connectivity index (χ2v) is 4.87. The van der Waals surface area contributed by atoms with E-state index >= 15 is 0 Å². The fourth-order valence-electron chi connectivity index (χ4n) is 1.55. The molecular formula is C11H16N4S. The summed E-state index contributed by atoms with van der Waals surface area (Å²) in [5, 5.41) is 11.5. The van der Waals surface area contributed by atoms with Crippen molar-refractivity contribution in [3.05, 3.63) is 28.0 Å². The number of aromatic nitrogens is 3. The quantitative estimate of drug-likeness (QED) is 0.858. The third-order valence-corrected chi connectivity index (χ3v) is 3.70. The van der Waals surface area contributed by atoms with Crippen molar-refractivity contribution in [2.45, 2.75) is 33.7 Å². The second kappa shape index (κ2) is 4.65. The van der Waals surface area contributed by atoms with Crippen LogP contribution >= 0.6 is 11.3 Å². The molecule has 0 aliphatic heterocycles. The largest absolute Gasteiger partial charge is 0.357 e. The van der Waals surface area contributed by atoms with Crippen LogP contribution in [0.1, 0.15) is 28.8 Å². The Morgan fingerprint density at radius 3 is 2.81 bits per heavy atom. The van der Waals surface area contributed by atoms with Crippen molar-refractivity contribution < 1.29 is 0 Å². The summed E-state index contributed by atoms with van der Waals surface area (Å²) in [5.74, 6) is 0. The van der Waals surface area contributed by atoms with E-state index in [1.54, 1.807) is 11.3 Å². The van der Waals surface area contributed by atoms with Gasteiger partial charge in [0.05, 0.1) is 5.69 Å². The fraction of sp³-hybridized carbons (Fsp3) is 0.455. The number of aryl methyl sites for hydroxylation is 3. The van der Waals surface area contributed by atoms with Crippen LogP contribution in [0.3, 0.4) is 0 Å². The molecule has 0 bridgehead atoms. The van der Waals surface area contributed by atoms with Crippen LogP contribution < -0.4 is 5.32 Å². The third-order valence-electron chi connectivity index (χ3n) is 2.60. The lowest BCUT2D eigenvalue weighted by Gasteiger charge is -2.02. The van der Waals surface area contributed by atoms with Crippen LogP contribution in [-0.4, -0.2) is 15.2 Å². The summed E-state index contributed by atoms with van der Waals surface area (Å²) in [7, 11) is 0. The highest BCUT2D eigenvalue weighted by Crippen LogP contribution is 2.20. The number of thiazole rings is 1. The predicted octanol–water partition coefficient (Wildman–Crippen LogP) is 2.66. The van der Waals surface area contributed by atoms with E-state index < -0.39 is 0 Å². The molecular weight excluding hydrogens is 220 g/mol. The lowest BCUT2D eigenvalue weighted by Crippen LogP contribution is -2.00. The number of hydrogen-bond acceptors (Lipinski definition) is 4. The van der Waals surface area contributed by atoms with Crippen molar-refractivity contribution >= 4 is 16.5 Å². The molecule has 0 aliphatic rings. The van der Waals surface area contributed by atoms with E-state index in [0.29, 0.717) is 0 Å². The molecule has 0 fully saturated rings. The third kappa shape index (κ3) is 2.24. The maximum absolute atomic E-state index is 4.32. The van der Waals surface area contributed by atoms with Gasteiger partial charge in [0.15, 0.2) is 5.13 Å². The van der Waals surface area contributed by atoms with Gasteiger partial charge in [0.1, 0.15) is 0 Å². The van der Waals surface area contributed by atoms with Gasteiger partial charge >= 0.3 is 0 Å². The molecule has 16 heavy (non-hydrogen) atoms. The average molecular weight is 236 g/mol. The summed E-state index contributed by atoms with van der Waals surface area (Å²) >= 11 is 1.71. The molecule has 4 nitrogen and oxygen atoms in total. The van der Waals surface area contributed by atoms with E-state index in [1.807, 2.05) is 20.0 Å². The summed E-state index contributed by atoms with van der Waals surface area (Å²) in [4.78, 5) is 5.63. The average Bonchev–Trinajstić information content (AvgIpc) is 2.85. The number of aromatic amines is 1. The van der Waals surface area contributed by atoms with Crippen LogP contribution in [0.2, 0.25) is 0 Å². The van der Waals surface area contributed by atoms with E-state index in [2.05, 4.69) is 27.4 Å². The number of nitrogens with zero attached hydrogens (tertiary/aromatic N) is 2. The molecule has 0 atom stereocenters. The number of anilines is 1. The van der Waals surface area contributed by atoms with E-state index in [4.69, 9.17) is 0 Å². The molecule has 0 aliphatic carbocycles. The molecule has 0 saturated heterocycles. The first-order valence-electron chi connectivity index (χ1n) is 5.39. The topological polar surface area (TPSA) is 53.6 Å². The minimum absolute atomic E-state index is 0.783. The standard InChI is InChI=1S/C11H16N4S/c1-4-9-5-12-11(16-9)13-6-10-7(2)14-15-8(10)3/h5H,4,6H2,1-3H3,(H,12,13)(H,14,15). The fourth-order valence-corrected chi connectivity index (χ4v) is 2.30. The van der Waals surface area contributed by atoms with E-state index in [-0.39, 0.29) is 0 Å². The molecule has 0 unspecified atom stereocenters. The van der Waals surface area contributed by atoms with E-state index in [0.717, 1.165) is 29.5 Å². The molecule has 2 N–H and O–H groups in total. The second-order valence-electron chi connectivity index (χ2n) is 3.75. The number of rotatable bonds is 4. The van der Waals surface area contributed by atoms with Crippen molar-refractivity contribution in [1.29, 1.82) is 0 Å². The first-order valence-corrected chi connectivity index (χ1v) is 6.21. The Balaban J connectivity index is 2.02. The van der Waals surface area contributed by atoms with Crippen molar-refractivity contribution in [3.63, 3.8) is 0 Å². The van der Waals surface area contributed by atoms with E-state index in [1.165, 1.54) is 10.4 Å². The van der Waals surface area contributed by atoms with Crippen LogP contribution in [0.5, 0.6) is 0 Å². The maximum atomic E-state index is 4.32. The minimum Gasteiger partial charge on any atom is -0.357 e. The molecule has 2 rings (SSSR count). The molecule has 2 aromatic heterocycles. The molecule has 5 heteroatoms. The monoisotopic (exact) mass is 236 g/mol. The molecule has 0 amide bonds. The highest BCUT2D eigenvalue weighted by molar-refractivity contribution is 7.15. The molecule has 2 heterocycles. The van der Waals surface area contributed by atoms with E-state index in [9.17, 15) is 0 Å². The van der Waals surface area contributed by atoms with Crippen molar-refractivity contribution in [1.82, 2.24) is 15.2 Å². The van der Waals surface area contributed by atoms with Gasteiger partial charge < -0.3 is 5.32 Å². The lowest BCUT2D eigenvalue weighted by molar-refractivity contribution is 1.02.